The Morgan fingerprint density at radius 1 is 0.949 bits per heavy atom. The average molecular weight is 521 g/mol. The van der Waals surface area contributed by atoms with Crippen LogP contribution in [0.3, 0.4) is 0 Å². The summed E-state index contributed by atoms with van der Waals surface area (Å²) in [6, 6.07) is 11.9. The molecule has 0 radical (unpaired) electrons. The van der Waals surface area contributed by atoms with Gasteiger partial charge in [0.1, 0.15) is 28.9 Å². The standard InChI is InChI=1S/C29H28N8O2/c1-16-9-17(3-6-24(16)38-18-4-5-23-21(10-18)33-15-36(23)2)34-28-27-22(31-14-32-28)11-30-29(35-27)37-12-19-20(13-37)26-8-7-25(19)39-26/h3-6,9-11,14-15,19-20,25-26H,7-8,12-13H2,1-2H3,(H,31,32,34)/t19-,20+,25+,26-. The summed E-state index contributed by atoms with van der Waals surface area (Å²) in [6.45, 7) is 3.92. The van der Waals surface area contributed by atoms with Gasteiger partial charge in [-0.3, -0.25) is 0 Å². The molecule has 3 fully saturated rings. The van der Waals surface area contributed by atoms with Crippen LogP contribution in [0.25, 0.3) is 22.1 Å². The number of ether oxygens (including phenoxy) is 2. The van der Waals surface area contributed by atoms with E-state index >= 15 is 0 Å². The monoisotopic (exact) mass is 520 g/mol. The Labute approximate surface area is 225 Å². The maximum absolute atomic E-state index is 6.19. The van der Waals surface area contributed by atoms with Crippen molar-refractivity contribution in [2.45, 2.75) is 32.0 Å². The summed E-state index contributed by atoms with van der Waals surface area (Å²) >= 11 is 0. The zero-order valence-electron chi connectivity index (χ0n) is 21.8. The van der Waals surface area contributed by atoms with Crippen LogP contribution in [-0.2, 0) is 11.8 Å². The van der Waals surface area contributed by atoms with Gasteiger partial charge in [-0.05, 0) is 55.7 Å². The van der Waals surface area contributed by atoms with Crippen LogP contribution in [0.4, 0.5) is 17.5 Å². The fourth-order valence-electron chi connectivity index (χ4n) is 6.50. The minimum absolute atomic E-state index is 0.402. The van der Waals surface area contributed by atoms with E-state index in [0.717, 1.165) is 52.8 Å². The number of nitrogens with zero attached hydrogens (tertiary/aromatic N) is 7. The van der Waals surface area contributed by atoms with Gasteiger partial charge in [0.15, 0.2) is 5.82 Å². The zero-order chi connectivity index (χ0) is 26.1. The molecule has 2 bridgehead atoms. The van der Waals surface area contributed by atoms with Crippen LogP contribution in [0.15, 0.2) is 55.2 Å². The highest BCUT2D eigenvalue weighted by atomic mass is 16.5. The smallest absolute Gasteiger partial charge is 0.226 e. The third-order valence-electron chi connectivity index (χ3n) is 8.46. The van der Waals surface area contributed by atoms with E-state index in [1.807, 2.05) is 54.9 Å². The van der Waals surface area contributed by atoms with Gasteiger partial charge in [0.05, 0.1) is 35.8 Å². The second kappa shape index (κ2) is 8.60. The highest BCUT2D eigenvalue weighted by molar-refractivity contribution is 5.87. The fourth-order valence-corrected chi connectivity index (χ4v) is 6.50. The molecule has 10 nitrogen and oxygen atoms in total. The van der Waals surface area contributed by atoms with Crippen molar-refractivity contribution in [1.82, 2.24) is 29.5 Å². The van der Waals surface area contributed by atoms with E-state index in [9.17, 15) is 0 Å². The van der Waals surface area contributed by atoms with Crippen molar-refractivity contribution in [3.63, 3.8) is 0 Å². The maximum Gasteiger partial charge on any atom is 0.226 e. The molecule has 5 aromatic rings. The number of benzene rings is 2. The van der Waals surface area contributed by atoms with Gasteiger partial charge in [0.2, 0.25) is 5.95 Å². The van der Waals surface area contributed by atoms with Gasteiger partial charge in [-0.2, -0.15) is 0 Å². The van der Waals surface area contributed by atoms with Gasteiger partial charge in [0.25, 0.3) is 0 Å². The van der Waals surface area contributed by atoms with Crippen LogP contribution < -0.4 is 15.0 Å². The zero-order valence-corrected chi connectivity index (χ0v) is 21.8. The number of hydrogen-bond donors (Lipinski definition) is 1. The third kappa shape index (κ3) is 3.77. The van der Waals surface area contributed by atoms with E-state index in [4.69, 9.17) is 14.5 Å². The lowest BCUT2D eigenvalue weighted by atomic mass is 9.82. The number of aryl methyl sites for hydroxylation is 2. The lowest BCUT2D eigenvalue weighted by Crippen LogP contribution is -2.26. The predicted octanol–water partition coefficient (Wildman–Crippen LogP) is 4.76. The average Bonchev–Trinajstić information content (AvgIpc) is 3.73. The largest absolute Gasteiger partial charge is 0.457 e. The molecule has 0 saturated carbocycles. The minimum Gasteiger partial charge on any atom is -0.457 e. The first-order chi connectivity index (χ1) is 19.1. The number of nitrogens with one attached hydrogen (secondary N) is 1. The Morgan fingerprint density at radius 3 is 2.62 bits per heavy atom. The second-order valence-electron chi connectivity index (χ2n) is 10.9. The topological polar surface area (TPSA) is 103 Å². The Hall–Kier alpha value is -4.31. The lowest BCUT2D eigenvalue weighted by molar-refractivity contribution is 0.0849. The van der Waals surface area contributed by atoms with Crippen LogP contribution in [0.5, 0.6) is 11.5 Å². The van der Waals surface area contributed by atoms with E-state index in [1.54, 1.807) is 18.9 Å². The maximum atomic E-state index is 6.19. The molecule has 0 unspecified atom stereocenters. The molecule has 3 saturated heterocycles. The van der Waals surface area contributed by atoms with Crippen LogP contribution in [0.2, 0.25) is 0 Å². The molecule has 3 aromatic heterocycles. The number of anilines is 3. The first-order valence-corrected chi connectivity index (χ1v) is 13.4. The molecule has 8 rings (SSSR count). The van der Waals surface area contributed by atoms with Gasteiger partial charge in [0, 0.05) is 43.7 Å². The van der Waals surface area contributed by atoms with Crippen molar-refractivity contribution in [3.8, 4) is 11.5 Å². The van der Waals surface area contributed by atoms with Crippen molar-refractivity contribution >= 4 is 39.5 Å². The SMILES string of the molecule is Cc1cc(Nc2ncnc3cnc(N4C[C@@H]5[C@H](C4)[C@H]4CC[C@@H]5O4)nc23)ccc1Oc1ccc2c(c1)ncn2C. The summed E-state index contributed by atoms with van der Waals surface area (Å²) in [6.07, 6.45) is 8.31. The van der Waals surface area contributed by atoms with Crippen molar-refractivity contribution < 1.29 is 9.47 Å². The van der Waals surface area contributed by atoms with Gasteiger partial charge in [-0.15, -0.1) is 0 Å². The first-order valence-electron chi connectivity index (χ1n) is 13.4. The van der Waals surface area contributed by atoms with Crippen molar-refractivity contribution in [2.24, 2.45) is 18.9 Å². The summed E-state index contributed by atoms with van der Waals surface area (Å²) in [5, 5.41) is 3.44. The number of hydrogen-bond acceptors (Lipinski definition) is 9. The van der Waals surface area contributed by atoms with E-state index in [1.165, 1.54) is 12.8 Å². The fraction of sp³-hybridized carbons (Fsp3) is 0.345. The normalized spacial score (nSPS) is 23.6. The Balaban J connectivity index is 1.04. The number of imidazole rings is 1. The van der Waals surface area contributed by atoms with Crippen LogP contribution in [-0.4, -0.2) is 54.8 Å². The highest BCUT2D eigenvalue weighted by Crippen LogP contribution is 2.47. The molecule has 10 heteroatoms. The summed E-state index contributed by atoms with van der Waals surface area (Å²) in [5.41, 5.74) is 5.28. The molecule has 0 aliphatic carbocycles. The molecule has 3 aliphatic rings. The van der Waals surface area contributed by atoms with Gasteiger partial charge in [-0.1, -0.05) is 0 Å². The van der Waals surface area contributed by atoms with Gasteiger partial charge < -0.3 is 24.3 Å². The Bertz CT molecular complexity index is 1720. The highest BCUT2D eigenvalue weighted by Gasteiger charge is 2.53. The first kappa shape index (κ1) is 22.7. The van der Waals surface area contributed by atoms with Gasteiger partial charge >= 0.3 is 0 Å². The molecule has 0 spiro atoms. The van der Waals surface area contributed by atoms with Crippen molar-refractivity contribution in [3.05, 3.63) is 60.8 Å². The summed E-state index contributed by atoms with van der Waals surface area (Å²) in [5.74, 6) is 4.09. The molecule has 6 heterocycles. The lowest BCUT2D eigenvalue weighted by Gasteiger charge is -2.19. The van der Waals surface area contributed by atoms with Crippen molar-refractivity contribution in [2.75, 3.05) is 23.3 Å². The molecule has 3 aliphatic heterocycles. The molecule has 2 aromatic carbocycles. The number of fused-ring (bicyclic) bond motifs is 7. The summed E-state index contributed by atoms with van der Waals surface area (Å²) < 4.78 is 14.3. The quantitative estimate of drug-likeness (QED) is 0.351. The Kier molecular flexibility index (Phi) is 5.00. The van der Waals surface area contributed by atoms with E-state index < -0.39 is 0 Å². The molecule has 4 atom stereocenters. The van der Waals surface area contributed by atoms with E-state index in [0.29, 0.717) is 40.9 Å². The van der Waals surface area contributed by atoms with E-state index in [-0.39, 0.29) is 0 Å². The Morgan fingerprint density at radius 2 is 1.79 bits per heavy atom. The van der Waals surface area contributed by atoms with Crippen LogP contribution in [0.1, 0.15) is 18.4 Å². The van der Waals surface area contributed by atoms with Crippen LogP contribution in [0, 0.1) is 18.8 Å². The van der Waals surface area contributed by atoms with E-state index in [2.05, 4.69) is 30.2 Å². The minimum atomic E-state index is 0.402. The molecular formula is C29H28N8O2. The number of rotatable bonds is 5. The predicted molar refractivity (Wildman–Crippen MR) is 147 cm³/mol. The number of aromatic nitrogens is 6. The molecule has 1 N–H and O–H groups in total. The molecule has 39 heavy (non-hydrogen) atoms. The van der Waals surface area contributed by atoms with Crippen LogP contribution >= 0.6 is 0 Å². The molecule has 196 valence electrons. The summed E-state index contributed by atoms with van der Waals surface area (Å²) in [4.78, 5) is 25.2. The van der Waals surface area contributed by atoms with Gasteiger partial charge in [-0.25, -0.2) is 24.9 Å². The molecular weight excluding hydrogens is 492 g/mol. The second-order valence-corrected chi connectivity index (χ2v) is 10.9. The van der Waals surface area contributed by atoms with Crippen molar-refractivity contribution in [1.29, 1.82) is 0 Å². The molecule has 0 amide bonds. The summed E-state index contributed by atoms with van der Waals surface area (Å²) in [7, 11) is 1.98. The third-order valence-corrected chi connectivity index (χ3v) is 8.46.